The fraction of sp³-hybridized carbons (Fsp3) is 0.241. The molecule has 0 aliphatic carbocycles. The van der Waals surface area contributed by atoms with Gasteiger partial charge in [0.05, 0.1) is 17.1 Å². The maximum absolute atomic E-state index is 15.3. The van der Waals surface area contributed by atoms with E-state index >= 15 is 8.78 Å². The van der Waals surface area contributed by atoms with Crippen LogP contribution in [-0.2, 0) is 38.1 Å². The van der Waals surface area contributed by atoms with Gasteiger partial charge in [-0.3, -0.25) is 18.7 Å². The minimum Gasteiger partial charge on any atom is -0.291 e. The Hall–Kier alpha value is -2.92. The molecule has 1 aliphatic heterocycles. The summed E-state index contributed by atoms with van der Waals surface area (Å²) in [5.74, 6) is -3.49. The molecule has 2 nitrogen and oxygen atoms in total. The van der Waals surface area contributed by atoms with Crippen molar-refractivity contribution in [3.8, 4) is 22.4 Å². The molecule has 0 amide bonds. The van der Waals surface area contributed by atoms with E-state index in [9.17, 15) is 13.2 Å². The molecule has 0 saturated heterocycles. The Kier molecular flexibility index (Phi) is 6.69. The van der Waals surface area contributed by atoms with Gasteiger partial charge in [-0.15, -0.1) is 11.6 Å². The van der Waals surface area contributed by atoms with Gasteiger partial charge in [0.15, 0.2) is 0 Å². The standard InChI is InChI=1S/C29H21F5N2.Pt/c1-27(2)17-9-5-8-16(14-17)18-15-19(26(31)24(25(18)30)29(32,33)34)20-10-6-11-22(35-20)28(3,4)23-13-7-12-21(27)36-23;/h5-13H,1-4H3;/q-2;+2. The number of nitrogens with zero attached hydrogens (tertiary/aromatic N) is 2. The molecular weight excluding hydrogens is 666 g/mol. The molecule has 2 aromatic carbocycles. The summed E-state index contributed by atoms with van der Waals surface area (Å²) in [6, 6.07) is 20.7. The molecule has 0 radical (unpaired) electrons. The van der Waals surface area contributed by atoms with Crippen LogP contribution in [-0.4, -0.2) is 9.97 Å². The van der Waals surface area contributed by atoms with Crippen LogP contribution in [0.4, 0.5) is 22.0 Å². The number of benzene rings is 2. The summed E-state index contributed by atoms with van der Waals surface area (Å²) in [5.41, 5.74) is -2.19. The third-order valence-electron chi connectivity index (χ3n) is 6.82. The topological polar surface area (TPSA) is 25.8 Å². The minimum absolute atomic E-state index is 0. The average molecular weight is 688 g/mol. The van der Waals surface area contributed by atoms with E-state index in [-0.39, 0.29) is 32.3 Å². The molecule has 0 spiro atoms. The smallest absolute Gasteiger partial charge is 0.291 e. The van der Waals surface area contributed by atoms with Gasteiger partial charge in [0.25, 0.3) is 0 Å². The van der Waals surface area contributed by atoms with Gasteiger partial charge < -0.3 is 0 Å². The fourth-order valence-electron chi connectivity index (χ4n) is 4.49. The van der Waals surface area contributed by atoms with Gasteiger partial charge >= 0.3 is 27.2 Å². The van der Waals surface area contributed by atoms with Crippen molar-refractivity contribution in [2.45, 2.75) is 44.7 Å². The van der Waals surface area contributed by atoms with Crippen LogP contribution in [0.25, 0.3) is 22.4 Å². The van der Waals surface area contributed by atoms with Crippen LogP contribution in [0.2, 0.25) is 0 Å². The predicted octanol–water partition coefficient (Wildman–Crippen LogP) is 7.67. The van der Waals surface area contributed by atoms with Crippen LogP contribution in [0.5, 0.6) is 0 Å². The van der Waals surface area contributed by atoms with Gasteiger partial charge in [-0.1, -0.05) is 37.6 Å². The monoisotopic (exact) mass is 687 g/mol. The largest absolute Gasteiger partial charge is 2.00 e. The van der Waals surface area contributed by atoms with Crippen molar-refractivity contribution >= 4 is 0 Å². The number of aromatic nitrogens is 2. The Morgan fingerprint density at radius 1 is 0.676 bits per heavy atom. The molecule has 1 aliphatic rings. The normalized spacial score (nSPS) is 15.4. The Bertz CT molecular complexity index is 1410. The van der Waals surface area contributed by atoms with Crippen molar-refractivity contribution in [2.24, 2.45) is 0 Å². The van der Waals surface area contributed by atoms with Gasteiger partial charge in [-0.25, -0.2) is 5.56 Å². The van der Waals surface area contributed by atoms with Crippen LogP contribution in [0.15, 0.2) is 54.6 Å². The molecule has 0 N–H and O–H groups in total. The van der Waals surface area contributed by atoms with Crippen LogP contribution in [0, 0.1) is 23.8 Å². The second-order valence-corrected chi connectivity index (χ2v) is 9.92. The Labute approximate surface area is 226 Å². The number of hydrogen-bond acceptors (Lipinski definition) is 2. The van der Waals surface area contributed by atoms with Gasteiger partial charge in [0.2, 0.25) is 0 Å². The molecule has 0 fully saturated rings. The summed E-state index contributed by atoms with van der Waals surface area (Å²) in [6.45, 7) is 7.58. The molecule has 5 rings (SSSR count). The van der Waals surface area contributed by atoms with Crippen molar-refractivity contribution in [3.63, 3.8) is 0 Å². The summed E-state index contributed by atoms with van der Waals surface area (Å²) in [6.07, 6.45) is -5.27. The summed E-state index contributed by atoms with van der Waals surface area (Å²) in [7, 11) is 0. The fourth-order valence-corrected chi connectivity index (χ4v) is 4.49. The maximum atomic E-state index is 15.3. The first-order valence-electron chi connectivity index (χ1n) is 11.3. The van der Waals surface area contributed by atoms with Gasteiger partial charge in [-0.05, 0) is 32.0 Å². The quantitative estimate of drug-likeness (QED) is 0.140. The first kappa shape index (κ1) is 27.1. The summed E-state index contributed by atoms with van der Waals surface area (Å²) >= 11 is 0. The number of fused-ring (bicyclic) bond motifs is 10. The summed E-state index contributed by atoms with van der Waals surface area (Å²) < 4.78 is 72.4. The van der Waals surface area contributed by atoms with Gasteiger partial charge in [0.1, 0.15) is 0 Å². The van der Waals surface area contributed by atoms with Crippen LogP contribution < -0.4 is 0 Å². The molecule has 0 saturated carbocycles. The molecule has 4 aromatic rings. The SMILES string of the molecule is CC1(C)c2[c-]c(ccc2)-c2[c-]c(c(F)c(C(F)(F)F)c2F)-c2cccc(n2)C(C)(C)c2cccc1n2.[Pt+2]. The van der Waals surface area contributed by atoms with E-state index in [4.69, 9.17) is 4.98 Å². The molecule has 2 aromatic heterocycles. The molecule has 37 heavy (non-hydrogen) atoms. The zero-order valence-corrected chi connectivity index (χ0v) is 22.6. The molecule has 8 bridgehead atoms. The Balaban J connectivity index is 0.00000320. The zero-order chi connectivity index (χ0) is 26.0. The van der Waals surface area contributed by atoms with Gasteiger partial charge in [0, 0.05) is 33.7 Å². The van der Waals surface area contributed by atoms with E-state index in [1.54, 1.807) is 24.3 Å². The van der Waals surface area contributed by atoms with Gasteiger partial charge in [-0.2, -0.15) is 43.0 Å². The number of rotatable bonds is 0. The Morgan fingerprint density at radius 3 is 1.86 bits per heavy atom. The van der Waals surface area contributed by atoms with E-state index in [1.807, 2.05) is 45.9 Å². The summed E-state index contributed by atoms with van der Waals surface area (Å²) in [5, 5.41) is 0. The molecular formula is C29H21F5N2Pt. The van der Waals surface area contributed by atoms with Crippen molar-refractivity contribution in [3.05, 3.63) is 107 Å². The zero-order valence-electron chi connectivity index (χ0n) is 20.3. The third kappa shape index (κ3) is 4.41. The second-order valence-electron chi connectivity index (χ2n) is 9.92. The van der Waals surface area contributed by atoms with Crippen molar-refractivity contribution < 1.29 is 43.0 Å². The number of hydrogen-bond donors (Lipinski definition) is 0. The van der Waals surface area contributed by atoms with E-state index in [2.05, 4.69) is 17.1 Å². The van der Waals surface area contributed by atoms with Crippen LogP contribution >= 0.6 is 0 Å². The van der Waals surface area contributed by atoms with Crippen LogP contribution in [0.1, 0.15) is 55.9 Å². The van der Waals surface area contributed by atoms with Crippen molar-refractivity contribution in [2.75, 3.05) is 0 Å². The number of halogens is 5. The average Bonchev–Trinajstić information content (AvgIpc) is 2.83. The van der Waals surface area contributed by atoms with Crippen molar-refractivity contribution in [1.82, 2.24) is 9.97 Å². The molecule has 3 heterocycles. The molecule has 0 unspecified atom stereocenters. The number of pyridine rings is 2. The molecule has 192 valence electrons. The van der Waals surface area contributed by atoms with E-state index in [1.165, 1.54) is 12.1 Å². The molecule has 8 heteroatoms. The van der Waals surface area contributed by atoms with E-state index in [0.717, 1.165) is 0 Å². The maximum Gasteiger partial charge on any atom is 2.00 e. The second kappa shape index (κ2) is 9.12. The Morgan fingerprint density at radius 2 is 1.22 bits per heavy atom. The molecule has 0 atom stereocenters. The van der Waals surface area contributed by atoms with Crippen molar-refractivity contribution in [1.29, 1.82) is 0 Å². The predicted molar refractivity (Wildman–Crippen MR) is 126 cm³/mol. The van der Waals surface area contributed by atoms with Crippen LogP contribution in [0.3, 0.4) is 0 Å². The first-order valence-corrected chi connectivity index (χ1v) is 11.3. The third-order valence-corrected chi connectivity index (χ3v) is 6.82. The van der Waals surface area contributed by atoms with E-state index < -0.39 is 45.3 Å². The summed E-state index contributed by atoms with van der Waals surface area (Å²) in [4.78, 5) is 9.43. The van der Waals surface area contributed by atoms with E-state index in [0.29, 0.717) is 22.6 Å². The number of alkyl halides is 3. The first-order chi connectivity index (χ1) is 16.8. The minimum atomic E-state index is -5.27.